The van der Waals surface area contributed by atoms with E-state index >= 15 is 0 Å². The maximum absolute atomic E-state index is 12.5. The first kappa shape index (κ1) is 17.0. The number of benzene rings is 1. The maximum Gasteiger partial charge on any atom is 0.356 e. The molecule has 0 N–H and O–H groups in total. The van der Waals surface area contributed by atoms with E-state index in [1.165, 1.54) is 19.4 Å². The van der Waals surface area contributed by atoms with E-state index in [2.05, 4.69) is 9.72 Å². The van der Waals surface area contributed by atoms with Gasteiger partial charge in [0.15, 0.2) is 0 Å². The first-order valence-corrected chi connectivity index (χ1v) is 8.21. The summed E-state index contributed by atoms with van der Waals surface area (Å²) in [5.74, 6) is -0.670. The maximum atomic E-state index is 12.5. The Morgan fingerprint density at radius 3 is 2.57 bits per heavy atom. The van der Waals surface area contributed by atoms with Crippen molar-refractivity contribution < 1.29 is 14.3 Å². The molecule has 0 atom stereocenters. The van der Waals surface area contributed by atoms with Crippen LogP contribution in [0, 0.1) is 0 Å². The van der Waals surface area contributed by atoms with Gasteiger partial charge in [0, 0.05) is 24.7 Å². The second kappa shape index (κ2) is 7.78. The van der Waals surface area contributed by atoms with Crippen molar-refractivity contribution >= 4 is 23.6 Å². The third kappa shape index (κ3) is 4.10. The average Bonchev–Trinajstić information content (AvgIpc) is 2.61. The summed E-state index contributed by atoms with van der Waals surface area (Å²) >= 11 is 1.65. The quantitative estimate of drug-likeness (QED) is 0.623. The fourth-order valence-corrected chi connectivity index (χ4v) is 2.74. The molecule has 2 aromatic rings. The minimum absolute atomic E-state index is 0.148. The summed E-state index contributed by atoms with van der Waals surface area (Å²) in [6.45, 7) is 0.509. The van der Waals surface area contributed by atoms with Gasteiger partial charge >= 0.3 is 5.97 Å². The SMILES string of the molecule is COC(=O)c1ccc(C(=O)N(C)Cc2ccccc2SC)cn1. The fraction of sp³-hybridized carbons (Fsp3) is 0.235. The molecule has 0 fully saturated rings. The Labute approximate surface area is 139 Å². The first-order chi connectivity index (χ1) is 11.1. The topological polar surface area (TPSA) is 59.5 Å². The monoisotopic (exact) mass is 330 g/mol. The summed E-state index contributed by atoms with van der Waals surface area (Å²) in [5, 5.41) is 0. The van der Waals surface area contributed by atoms with Crippen molar-refractivity contribution in [1.82, 2.24) is 9.88 Å². The van der Waals surface area contributed by atoms with Crippen molar-refractivity contribution in [3.05, 3.63) is 59.4 Å². The number of rotatable bonds is 5. The molecule has 23 heavy (non-hydrogen) atoms. The molecule has 120 valence electrons. The number of carbonyl (C=O) groups excluding carboxylic acids is 2. The lowest BCUT2D eigenvalue weighted by Gasteiger charge is -2.18. The van der Waals surface area contributed by atoms with Gasteiger partial charge < -0.3 is 9.64 Å². The van der Waals surface area contributed by atoms with Gasteiger partial charge in [0.25, 0.3) is 5.91 Å². The van der Waals surface area contributed by atoms with Gasteiger partial charge in [0.05, 0.1) is 12.7 Å². The minimum atomic E-state index is -0.522. The predicted molar refractivity (Wildman–Crippen MR) is 89.6 cm³/mol. The van der Waals surface area contributed by atoms with Crippen LogP contribution in [0.25, 0.3) is 0 Å². The molecule has 0 radical (unpaired) electrons. The highest BCUT2D eigenvalue weighted by Gasteiger charge is 2.15. The number of pyridine rings is 1. The van der Waals surface area contributed by atoms with Crippen LogP contribution in [0.4, 0.5) is 0 Å². The smallest absolute Gasteiger partial charge is 0.356 e. The van der Waals surface area contributed by atoms with Crippen LogP contribution in [0.1, 0.15) is 26.4 Å². The van der Waals surface area contributed by atoms with Crippen molar-refractivity contribution in [2.45, 2.75) is 11.4 Å². The van der Waals surface area contributed by atoms with Gasteiger partial charge in [-0.1, -0.05) is 18.2 Å². The highest BCUT2D eigenvalue weighted by molar-refractivity contribution is 7.98. The van der Waals surface area contributed by atoms with E-state index < -0.39 is 5.97 Å². The van der Waals surface area contributed by atoms with Crippen molar-refractivity contribution in [3.8, 4) is 0 Å². The number of nitrogens with zero attached hydrogens (tertiary/aromatic N) is 2. The molecule has 0 aliphatic carbocycles. The Morgan fingerprint density at radius 2 is 1.96 bits per heavy atom. The normalized spacial score (nSPS) is 10.2. The summed E-state index contributed by atoms with van der Waals surface area (Å²) in [7, 11) is 3.04. The number of hydrogen-bond donors (Lipinski definition) is 0. The second-order valence-electron chi connectivity index (χ2n) is 4.90. The molecule has 1 heterocycles. The molecule has 1 amide bonds. The largest absolute Gasteiger partial charge is 0.464 e. The van der Waals surface area contributed by atoms with Crippen molar-refractivity contribution in [2.75, 3.05) is 20.4 Å². The second-order valence-corrected chi connectivity index (χ2v) is 5.74. The molecule has 0 spiro atoms. The highest BCUT2D eigenvalue weighted by atomic mass is 32.2. The zero-order valence-electron chi connectivity index (χ0n) is 13.3. The highest BCUT2D eigenvalue weighted by Crippen LogP contribution is 2.21. The van der Waals surface area contributed by atoms with Crippen LogP contribution in [0.3, 0.4) is 0 Å². The number of esters is 1. The summed E-state index contributed by atoms with van der Waals surface area (Å²) in [4.78, 5) is 30.6. The van der Waals surface area contributed by atoms with E-state index in [-0.39, 0.29) is 11.6 Å². The predicted octanol–water partition coefficient (Wildman–Crippen LogP) is 2.86. The Bertz CT molecular complexity index is 701. The Kier molecular flexibility index (Phi) is 5.76. The lowest BCUT2D eigenvalue weighted by molar-refractivity contribution is 0.0593. The van der Waals surface area contributed by atoms with Gasteiger partial charge in [-0.3, -0.25) is 4.79 Å². The first-order valence-electron chi connectivity index (χ1n) is 6.98. The number of amides is 1. The number of hydrogen-bond acceptors (Lipinski definition) is 5. The van der Waals surface area contributed by atoms with Crippen LogP contribution >= 0.6 is 11.8 Å². The van der Waals surface area contributed by atoms with Crippen LogP contribution in [0.2, 0.25) is 0 Å². The minimum Gasteiger partial charge on any atom is -0.464 e. The van der Waals surface area contributed by atoms with Crippen LogP contribution in [0.5, 0.6) is 0 Å². The third-order valence-electron chi connectivity index (χ3n) is 3.35. The molecule has 0 bridgehead atoms. The lowest BCUT2D eigenvalue weighted by atomic mass is 10.2. The zero-order chi connectivity index (χ0) is 16.8. The number of methoxy groups -OCH3 is 1. The van der Waals surface area contributed by atoms with Crippen molar-refractivity contribution in [1.29, 1.82) is 0 Å². The van der Waals surface area contributed by atoms with Crippen LogP contribution in [-0.4, -0.2) is 42.2 Å². The van der Waals surface area contributed by atoms with Gasteiger partial charge in [0.2, 0.25) is 0 Å². The zero-order valence-corrected chi connectivity index (χ0v) is 14.1. The summed E-state index contributed by atoms with van der Waals surface area (Å²) < 4.78 is 4.59. The molecule has 0 saturated carbocycles. The van der Waals surface area contributed by atoms with Crippen LogP contribution in [0.15, 0.2) is 47.5 Å². The number of aromatic nitrogens is 1. The Hall–Kier alpha value is -2.34. The molecule has 0 unspecified atom stereocenters. The lowest BCUT2D eigenvalue weighted by Crippen LogP contribution is -2.26. The molecule has 0 aliphatic heterocycles. The number of ether oxygens (including phenoxy) is 1. The summed E-state index contributed by atoms with van der Waals surface area (Å²) in [5.41, 5.74) is 1.70. The Balaban J connectivity index is 2.11. The van der Waals surface area contributed by atoms with Gasteiger partial charge in [-0.2, -0.15) is 0 Å². The molecule has 5 nitrogen and oxygen atoms in total. The van der Waals surface area contributed by atoms with Crippen molar-refractivity contribution in [3.63, 3.8) is 0 Å². The van der Waals surface area contributed by atoms with Gasteiger partial charge in [-0.15, -0.1) is 11.8 Å². The number of thioether (sulfide) groups is 1. The van der Waals surface area contributed by atoms with E-state index in [1.54, 1.807) is 29.8 Å². The van der Waals surface area contributed by atoms with Crippen molar-refractivity contribution in [2.24, 2.45) is 0 Å². The molecule has 0 aliphatic rings. The van der Waals surface area contributed by atoms with Crippen LogP contribution < -0.4 is 0 Å². The molecule has 1 aromatic carbocycles. The van der Waals surface area contributed by atoms with Gasteiger partial charge in [-0.05, 0) is 30.0 Å². The van der Waals surface area contributed by atoms with Gasteiger partial charge in [-0.25, -0.2) is 9.78 Å². The fourth-order valence-electron chi connectivity index (χ4n) is 2.13. The molecule has 6 heteroatoms. The third-order valence-corrected chi connectivity index (χ3v) is 4.19. The Morgan fingerprint density at radius 1 is 1.22 bits per heavy atom. The summed E-state index contributed by atoms with van der Waals surface area (Å²) in [6, 6.07) is 11.0. The van der Waals surface area contributed by atoms with Crippen LogP contribution in [-0.2, 0) is 11.3 Å². The molecular weight excluding hydrogens is 312 g/mol. The summed E-state index contributed by atoms with van der Waals surface area (Å²) in [6.07, 6.45) is 3.40. The molecular formula is C17H18N2O3S. The molecule has 2 rings (SSSR count). The molecule has 1 aromatic heterocycles. The van der Waals surface area contributed by atoms with E-state index in [9.17, 15) is 9.59 Å². The van der Waals surface area contributed by atoms with E-state index in [1.807, 2.05) is 30.5 Å². The van der Waals surface area contributed by atoms with Gasteiger partial charge in [0.1, 0.15) is 5.69 Å². The van der Waals surface area contributed by atoms with E-state index in [4.69, 9.17) is 0 Å². The average molecular weight is 330 g/mol. The molecule has 0 saturated heterocycles. The standard InChI is InChI=1S/C17H18N2O3S/c1-19(11-13-6-4-5-7-15(13)23-3)16(20)12-8-9-14(18-10-12)17(21)22-2/h4-10H,11H2,1-3H3. The number of carbonyl (C=O) groups is 2. The van der Waals surface area contributed by atoms with E-state index in [0.29, 0.717) is 12.1 Å². The van der Waals surface area contributed by atoms with E-state index in [0.717, 1.165) is 10.5 Å².